The van der Waals surface area contributed by atoms with Gasteiger partial charge in [0, 0.05) is 57.9 Å². The lowest BCUT2D eigenvalue weighted by Crippen LogP contribution is -2.33. The van der Waals surface area contributed by atoms with Crippen molar-refractivity contribution in [3.8, 4) is 0 Å². The standard InChI is InChI=1S/C17H24N4O3.C4H6N2/c22-15(23)7-10-21-12-11-20(17(21)24)9-2-4-14-6-5-13-3-1-8-18-16(13)19-14;1-6-4-2-3-5-6/h5-6H,1-4,7-12H2,(H,18,19)(H,22,23);2-4H,1H3. The number of urea groups is 1. The molecule has 2 aliphatic heterocycles. The molecule has 1 saturated heterocycles. The van der Waals surface area contributed by atoms with Crippen LogP contribution in [0.2, 0.25) is 0 Å². The van der Waals surface area contributed by atoms with Crippen molar-refractivity contribution < 1.29 is 14.7 Å². The molecule has 4 heterocycles. The zero-order chi connectivity index (χ0) is 21.3. The summed E-state index contributed by atoms with van der Waals surface area (Å²) in [6.45, 7) is 3.26. The van der Waals surface area contributed by atoms with Crippen molar-refractivity contribution in [2.75, 3.05) is 38.0 Å². The maximum atomic E-state index is 12.2. The number of fused-ring (bicyclic) bond motifs is 1. The Kier molecular flexibility index (Phi) is 7.64. The smallest absolute Gasteiger partial charge is 0.320 e. The number of carbonyl (C=O) groups excluding carboxylic acids is 1. The lowest BCUT2D eigenvalue weighted by atomic mass is 10.1. The number of hydrogen-bond donors (Lipinski definition) is 2. The fourth-order valence-corrected chi connectivity index (χ4v) is 3.58. The molecule has 0 spiro atoms. The summed E-state index contributed by atoms with van der Waals surface area (Å²) in [5, 5.41) is 15.9. The molecule has 0 saturated carbocycles. The predicted molar refractivity (Wildman–Crippen MR) is 113 cm³/mol. The first kappa shape index (κ1) is 21.6. The van der Waals surface area contributed by atoms with Gasteiger partial charge in [0.25, 0.3) is 0 Å². The van der Waals surface area contributed by atoms with E-state index in [1.54, 1.807) is 20.7 Å². The number of amides is 2. The second-order valence-corrected chi connectivity index (χ2v) is 7.52. The molecular formula is C21H30N6O3. The number of pyridine rings is 1. The molecule has 2 N–H and O–H groups in total. The second-order valence-electron chi connectivity index (χ2n) is 7.52. The lowest BCUT2D eigenvalue weighted by molar-refractivity contribution is -0.137. The summed E-state index contributed by atoms with van der Waals surface area (Å²) in [6.07, 6.45) is 7.59. The summed E-state index contributed by atoms with van der Waals surface area (Å²) in [5.41, 5.74) is 2.34. The SMILES string of the molecule is Cn1cccn1.O=C(O)CCN1CCN(CCCc2ccc3c(n2)NCCC3)C1=O. The molecule has 0 bridgehead atoms. The third-order valence-corrected chi connectivity index (χ3v) is 5.23. The number of carbonyl (C=O) groups is 2. The van der Waals surface area contributed by atoms with E-state index in [-0.39, 0.29) is 12.5 Å². The van der Waals surface area contributed by atoms with Crippen LogP contribution in [0.25, 0.3) is 0 Å². The molecule has 0 unspecified atom stereocenters. The molecule has 4 rings (SSSR count). The van der Waals surface area contributed by atoms with Gasteiger partial charge in [0.15, 0.2) is 0 Å². The monoisotopic (exact) mass is 414 g/mol. The van der Waals surface area contributed by atoms with Crippen molar-refractivity contribution >= 4 is 17.8 Å². The highest BCUT2D eigenvalue weighted by Crippen LogP contribution is 2.20. The lowest BCUT2D eigenvalue weighted by Gasteiger charge is -2.19. The first-order valence-electron chi connectivity index (χ1n) is 10.4. The Balaban J connectivity index is 0.000000367. The molecule has 2 amide bonds. The Hall–Kier alpha value is -3.10. The van der Waals surface area contributed by atoms with Crippen molar-refractivity contribution in [2.24, 2.45) is 7.05 Å². The number of nitrogens with one attached hydrogen (secondary N) is 1. The van der Waals surface area contributed by atoms with Crippen LogP contribution in [0.1, 0.15) is 30.5 Å². The molecule has 9 heteroatoms. The Bertz CT molecular complexity index is 839. The van der Waals surface area contributed by atoms with Crippen LogP contribution in [0.15, 0.2) is 30.6 Å². The normalized spacial score (nSPS) is 15.3. The van der Waals surface area contributed by atoms with Crippen LogP contribution in [0, 0.1) is 0 Å². The maximum Gasteiger partial charge on any atom is 0.320 e. The van der Waals surface area contributed by atoms with Gasteiger partial charge in [0.2, 0.25) is 0 Å². The minimum absolute atomic E-state index is 0.00558. The Morgan fingerprint density at radius 1 is 1.23 bits per heavy atom. The van der Waals surface area contributed by atoms with Crippen LogP contribution in [0.3, 0.4) is 0 Å². The summed E-state index contributed by atoms with van der Waals surface area (Å²) in [4.78, 5) is 30.9. The summed E-state index contributed by atoms with van der Waals surface area (Å²) in [5.74, 6) is 0.143. The van der Waals surface area contributed by atoms with Crippen molar-refractivity contribution in [1.29, 1.82) is 0 Å². The number of aliphatic carboxylic acids is 1. The molecule has 2 aliphatic rings. The van der Waals surface area contributed by atoms with E-state index in [4.69, 9.17) is 5.11 Å². The van der Waals surface area contributed by atoms with E-state index in [0.717, 1.165) is 43.7 Å². The quantitative estimate of drug-likeness (QED) is 0.718. The molecule has 2 aromatic rings. The van der Waals surface area contributed by atoms with E-state index in [0.29, 0.717) is 26.2 Å². The molecular weight excluding hydrogens is 384 g/mol. The van der Waals surface area contributed by atoms with E-state index < -0.39 is 5.97 Å². The minimum atomic E-state index is -0.867. The number of aromatic nitrogens is 3. The number of rotatable bonds is 7. The van der Waals surface area contributed by atoms with Gasteiger partial charge in [0.1, 0.15) is 5.82 Å². The topological polar surface area (TPSA) is 104 Å². The average Bonchev–Trinajstić information content (AvgIpc) is 3.36. The van der Waals surface area contributed by atoms with Crippen LogP contribution in [-0.2, 0) is 24.7 Å². The molecule has 0 aliphatic carbocycles. The zero-order valence-electron chi connectivity index (χ0n) is 17.5. The molecule has 0 atom stereocenters. The van der Waals surface area contributed by atoms with Gasteiger partial charge in [-0.15, -0.1) is 0 Å². The van der Waals surface area contributed by atoms with Gasteiger partial charge in [-0.3, -0.25) is 9.48 Å². The molecule has 162 valence electrons. The number of carboxylic acids is 1. The van der Waals surface area contributed by atoms with E-state index in [9.17, 15) is 9.59 Å². The highest BCUT2D eigenvalue weighted by Gasteiger charge is 2.27. The van der Waals surface area contributed by atoms with Crippen LogP contribution in [-0.4, -0.2) is 74.4 Å². The van der Waals surface area contributed by atoms with Crippen LogP contribution >= 0.6 is 0 Å². The predicted octanol–water partition coefficient (Wildman–Crippen LogP) is 2.00. The average molecular weight is 415 g/mol. The fourth-order valence-electron chi connectivity index (χ4n) is 3.58. The third-order valence-electron chi connectivity index (χ3n) is 5.23. The van der Waals surface area contributed by atoms with Gasteiger partial charge < -0.3 is 20.2 Å². The molecule has 0 aromatic carbocycles. The fraction of sp³-hybridized carbons (Fsp3) is 0.524. The minimum Gasteiger partial charge on any atom is -0.481 e. The van der Waals surface area contributed by atoms with E-state index >= 15 is 0 Å². The molecule has 9 nitrogen and oxygen atoms in total. The van der Waals surface area contributed by atoms with Gasteiger partial charge in [0.05, 0.1) is 6.42 Å². The number of nitrogens with zero attached hydrogens (tertiary/aromatic N) is 5. The molecule has 1 fully saturated rings. The van der Waals surface area contributed by atoms with Crippen LogP contribution in [0.4, 0.5) is 10.6 Å². The van der Waals surface area contributed by atoms with Crippen molar-refractivity contribution in [3.63, 3.8) is 0 Å². The summed E-state index contributed by atoms with van der Waals surface area (Å²) in [7, 11) is 1.89. The number of aryl methyl sites for hydroxylation is 3. The largest absolute Gasteiger partial charge is 0.481 e. The molecule has 0 radical (unpaired) electrons. The number of hydrogen-bond acceptors (Lipinski definition) is 5. The van der Waals surface area contributed by atoms with E-state index in [2.05, 4.69) is 27.5 Å². The van der Waals surface area contributed by atoms with Gasteiger partial charge in [-0.25, -0.2) is 9.78 Å². The second kappa shape index (κ2) is 10.6. The molecule has 30 heavy (non-hydrogen) atoms. The van der Waals surface area contributed by atoms with Gasteiger partial charge >= 0.3 is 12.0 Å². The third kappa shape index (κ3) is 6.20. The summed E-state index contributed by atoms with van der Waals surface area (Å²) >= 11 is 0. The van der Waals surface area contributed by atoms with Crippen LogP contribution < -0.4 is 5.32 Å². The zero-order valence-corrected chi connectivity index (χ0v) is 17.5. The molecule has 2 aromatic heterocycles. The Labute approximate surface area is 176 Å². The van der Waals surface area contributed by atoms with Crippen molar-refractivity contribution in [1.82, 2.24) is 24.6 Å². The van der Waals surface area contributed by atoms with Crippen molar-refractivity contribution in [3.05, 3.63) is 41.9 Å². The first-order valence-corrected chi connectivity index (χ1v) is 10.4. The summed E-state index contributed by atoms with van der Waals surface area (Å²) in [6, 6.07) is 6.08. The highest BCUT2D eigenvalue weighted by atomic mass is 16.4. The van der Waals surface area contributed by atoms with E-state index in [1.807, 2.05) is 19.3 Å². The maximum absolute atomic E-state index is 12.2. The van der Waals surface area contributed by atoms with Gasteiger partial charge in [-0.2, -0.15) is 5.10 Å². The van der Waals surface area contributed by atoms with Gasteiger partial charge in [-0.1, -0.05) is 6.07 Å². The van der Waals surface area contributed by atoms with E-state index in [1.165, 1.54) is 5.56 Å². The number of carboxylic acid groups (broad SMARTS) is 1. The Morgan fingerprint density at radius 3 is 2.70 bits per heavy atom. The first-order chi connectivity index (χ1) is 14.5. The van der Waals surface area contributed by atoms with Crippen molar-refractivity contribution in [2.45, 2.75) is 32.1 Å². The number of anilines is 1. The summed E-state index contributed by atoms with van der Waals surface area (Å²) < 4.78 is 1.75. The Morgan fingerprint density at radius 2 is 2.03 bits per heavy atom. The van der Waals surface area contributed by atoms with Crippen LogP contribution in [0.5, 0.6) is 0 Å². The highest BCUT2D eigenvalue weighted by molar-refractivity contribution is 5.77. The van der Waals surface area contributed by atoms with Gasteiger partial charge in [-0.05, 0) is 43.4 Å².